The first-order valence-electron chi connectivity index (χ1n) is 15.6. The number of hydrogen-bond acceptors (Lipinski definition) is 12. The van der Waals surface area contributed by atoms with Crippen molar-refractivity contribution in [2.45, 2.75) is 22.8 Å². The number of aliphatic carboxylic acids is 1. The smallest absolute Gasteiger partial charge is 0.353 e. The molecule has 15 heteroatoms. The van der Waals surface area contributed by atoms with Crippen molar-refractivity contribution in [1.29, 1.82) is 0 Å². The topological polar surface area (TPSA) is 173 Å². The largest absolute Gasteiger partial charge is 0.477 e. The standard InChI is InChI=1S/C36H29N7O5S3/c37-35-40-26(20-51-35)28(42-48-36(22-10-4-1-5-11-22,23-12-6-2-7-13-23)24-14-8-3-9-15-24)31(44)41-29-32(45)43-30(34(46)47)27(21-50-33(29)43)49-19-25-18-38-16-17-39-25/h1-18,20,29,33H,19,21H2,(H2,37,40)(H,41,44)(H,46,47)/b42-28-/t29-,33-/m1/s1. The van der Waals surface area contributed by atoms with Gasteiger partial charge in [0.25, 0.3) is 11.8 Å². The maximum absolute atomic E-state index is 14.1. The van der Waals surface area contributed by atoms with Crippen LogP contribution in [-0.4, -0.2) is 65.6 Å². The summed E-state index contributed by atoms with van der Waals surface area (Å²) in [6.45, 7) is 0. The van der Waals surface area contributed by atoms with Crippen molar-refractivity contribution in [3.63, 3.8) is 0 Å². The van der Waals surface area contributed by atoms with Crippen LogP contribution in [-0.2, 0) is 30.6 Å². The summed E-state index contributed by atoms with van der Waals surface area (Å²) in [6, 6.07) is 27.6. The molecule has 51 heavy (non-hydrogen) atoms. The third-order valence-corrected chi connectivity index (χ3v) is 11.5. The van der Waals surface area contributed by atoms with Crippen LogP contribution in [0.2, 0.25) is 0 Å². The molecular formula is C36H29N7O5S3. The van der Waals surface area contributed by atoms with Crippen molar-refractivity contribution in [3.05, 3.63) is 154 Å². The van der Waals surface area contributed by atoms with Gasteiger partial charge in [-0.05, 0) is 0 Å². The summed E-state index contributed by atoms with van der Waals surface area (Å²) in [4.78, 5) is 61.1. The highest BCUT2D eigenvalue weighted by Crippen LogP contribution is 2.44. The molecule has 1 saturated heterocycles. The summed E-state index contributed by atoms with van der Waals surface area (Å²) in [6.07, 6.45) is 4.73. The van der Waals surface area contributed by atoms with Crippen molar-refractivity contribution < 1.29 is 24.3 Å². The minimum Gasteiger partial charge on any atom is -0.477 e. The fourth-order valence-corrected chi connectivity index (χ4v) is 8.94. The SMILES string of the molecule is Nc1nc(/C(=N/OC(c2ccccc2)(c2ccccc2)c2ccccc2)C(=O)N[C@@H]2C(=O)N3C(C(=O)O)=C(SCc4cnccn4)CS[C@H]23)cs1. The molecule has 2 aliphatic heterocycles. The first-order valence-corrected chi connectivity index (χ1v) is 18.5. The number of benzene rings is 3. The molecule has 0 unspecified atom stereocenters. The highest BCUT2D eigenvalue weighted by molar-refractivity contribution is 8.05. The van der Waals surface area contributed by atoms with Gasteiger partial charge in [-0.25, -0.2) is 9.78 Å². The minimum atomic E-state index is -1.29. The molecule has 256 valence electrons. The monoisotopic (exact) mass is 735 g/mol. The number of hydrogen-bond donors (Lipinski definition) is 3. The number of carboxylic acid groups (broad SMARTS) is 1. The van der Waals surface area contributed by atoms with Crippen molar-refractivity contribution >= 4 is 63.5 Å². The number of aromatic nitrogens is 3. The van der Waals surface area contributed by atoms with Gasteiger partial charge >= 0.3 is 5.97 Å². The van der Waals surface area contributed by atoms with Crippen LogP contribution in [0, 0.1) is 0 Å². The number of amides is 2. The molecule has 0 saturated carbocycles. The summed E-state index contributed by atoms with van der Waals surface area (Å²) < 4.78 is 0. The number of anilines is 1. The normalized spacial score (nSPS) is 17.4. The number of nitrogen functional groups attached to an aromatic ring is 1. The van der Waals surface area contributed by atoms with E-state index in [0.29, 0.717) is 22.1 Å². The lowest BCUT2D eigenvalue weighted by Crippen LogP contribution is -2.71. The highest BCUT2D eigenvalue weighted by Gasteiger charge is 2.54. The number of carbonyl (C=O) groups excluding carboxylic acids is 2. The van der Waals surface area contributed by atoms with Crippen LogP contribution in [0.15, 0.2) is 131 Å². The minimum absolute atomic E-state index is 0.106. The number of rotatable bonds is 12. The van der Waals surface area contributed by atoms with Gasteiger partial charge in [0.1, 0.15) is 22.8 Å². The van der Waals surface area contributed by atoms with Crippen LogP contribution in [0.25, 0.3) is 0 Å². The lowest BCUT2D eigenvalue weighted by molar-refractivity contribution is -0.150. The van der Waals surface area contributed by atoms with Gasteiger partial charge in [0.05, 0.1) is 5.69 Å². The third-order valence-electron chi connectivity index (χ3n) is 8.23. The third kappa shape index (κ3) is 6.70. The van der Waals surface area contributed by atoms with E-state index in [1.165, 1.54) is 28.4 Å². The van der Waals surface area contributed by atoms with E-state index in [2.05, 4.69) is 25.4 Å². The second-order valence-electron chi connectivity index (χ2n) is 11.3. The molecule has 0 aliphatic carbocycles. The van der Waals surface area contributed by atoms with Gasteiger partial charge in [-0.2, -0.15) is 0 Å². The van der Waals surface area contributed by atoms with Crippen molar-refractivity contribution in [2.24, 2.45) is 5.16 Å². The van der Waals surface area contributed by atoms with Gasteiger partial charge in [0, 0.05) is 57.1 Å². The summed E-state index contributed by atoms with van der Waals surface area (Å²) in [5.74, 6) is -1.80. The van der Waals surface area contributed by atoms with Gasteiger partial charge in [-0.3, -0.25) is 24.5 Å². The molecule has 0 bridgehead atoms. The van der Waals surface area contributed by atoms with E-state index in [0.717, 1.165) is 28.0 Å². The Morgan fingerprint density at radius 1 is 1.00 bits per heavy atom. The number of nitrogens with two attached hydrogens (primary N) is 1. The van der Waals surface area contributed by atoms with Gasteiger partial charge in [-0.1, -0.05) is 96.2 Å². The molecule has 0 spiro atoms. The summed E-state index contributed by atoms with van der Waals surface area (Å²) in [5.41, 5.74) is 7.50. The summed E-state index contributed by atoms with van der Waals surface area (Å²) in [5, 5.41) is 18.6. The number of carboxylic acids is 1. The fraction of sp³-hybridized carbons (Fsp3) is 0.139. The molecule has 12 nitrogen and oxygen atoms in total. The molecular weight excluding hydrogens is 707 g/mol. The molecule has 2 aliphatic rings. The van der Waals surface area contributed by atoms with E-state index in [-0.39, 0.29) is 22.2 Å². The molecule has 1 fully saturated rings. The van der Waals surface area contributed by atoms with Gasteiger partial charge in [-0.15, -0.1) is 34.9 Å². The zero-order valence-electron chi connectivity index (χ0n) is 26.7. The Morgan fingerprint density at radius 3 is 2.16 bits per heavy atom. The van der Waals surface area contributed by atoms with Gasteiger partial charge < -0.3 is 21.0 Å². The summed E-state index contributed by atoms with van der Waals surface area (Å²) in [7, 11) is 0. The Hall–Kier alpha value is -5.51. The average Bonchev–Trinajstić information content (AvgIpc) is 3.61. The zero-order valence-corrected chi connectivity index (χ0v) is 29.1. The predicted octanol–water partition coefficient (Wildman–Crippen LogP) is 4.86. The zero-order chi connectivity index (χ0) is 35.4. The first-order chi connectivity index (χ1) is 24.9. The Balaban J connectivity index is 1.21. The molecule has 0 radical (unpaired) electrons. The number of nitrogens with zero attached hydrogens (tertiary/aromatic N) is 5. The molecule has 2 amide bonds. The van der Waals surface area contributed by atoms with Crippen LogP contribution in [0.5, 0.6) is 0 Å². The van der Waals surface area contributed by atoms with E-state index in [9.17, 15) is 19.5 Å². The molecule has 4 N–H and O–H groups in total. The number of oxime groups is 1. The average molecular weight is 736 g/mol. The lowest BCUT2D eigenvalue weighted by Gasteiger charge is -2.49. The number of thioether (sulfide) groups is 2. The summed E-state index contributed by atoms with van der Waals surface area (Å²) >= 11 is 3.78. The number of β-lactam (4-membered cyclic amide) rings is 1. The molecule has 5 aromatic rings. The van der Waals surface area contributed by atoms with Crippen molar-refractivity contribution in [3.8, 4) is 0 Å². The van der Waals surface area contributed by atoms with Crippen LogP contribution in [0.3, 0.4) is 0 Å². The second kappa shape index (κ2) is 14.8. The lowest BCUT2D eigenvalue weighted by atomic mass is 9.80. The number of nitrogens with one attached hydrogen (secondary N) is 1. The maximum atomic E-state index is 14.1. The Labute approximate surface area is 304 Å². The quantitative estimate of drug-likeness (QED) is 0.0692. The van der Waals surface area contributed by atoms with Gasteiger partial charge in [0.15, 0.2) is 10.8 Å². The fourth-order valence-electron chi connectivity index (χ4n) is 5.87. The molecule has 7 rings (SSSR count). The first kappa shape index (κ1) is 34.0. The highest BCUT2D eigenvalue weighted by atomic mass is 32.2. The van der Waals surface area contributed by atoms with Gasteiger partial charge in [0.2, 0.25) is 5.60 Å². The predicted molar refractivity (Wildman–Crippen MR) is 196 cm³/mol. The Bertz CT molecular complexity index is 2020. The molecule has 2 aromatic heterocycles. The molecule has 2 atom stereocenters. The number of thiazole rings is 1. The number of fused-ring (bicyclic) bond motifs is 1. The molecule has 4 heterocycles. The van der Waals surface area contributed by atoms with Crippen LogP contribution >= 0.6 is 34.9 Å². The van der Waals surface area contributed by atoms with Crippen LogP contribution in [0.4, 0.5) is 5.13 Å². The van der Waals surface area contributed by atoms with Crippen molar-refractivity contribution in [2.75, 3.05) is 11.5 Å². The van der Waals surface area contributed by atoms with Crippen LogP contribution < -0.4 is 11.1 Å². The molecule has 3 aromatic carbocycles. The van der Waals surface area contributed by atoms with E-state index in [4.69, 9.17) is 10.6 Å². The van der Waals surface area contributed by atoms with E-state index in [1.54, 1.807) is 24.0 Å². The number of carbonyl (C=O) groups is 3. The second-order valence-corrected chi connectivity index (χ2v) is 14.4. The maximum Gasteiger partial charge on any atom is 0.353 e. The van der Waals surface area contributed by atoms with Crippen molar-refractivity contribution in [1.82, 2.24) is 25.2 Å². The van der Waals surface area contributed by atoms with E-state index < -0.39 is 34.8 Å². The Kier molecular flexibility index (Phi) is 9.83. The van der Waals surface area contributed by atoms with E-state index >= 15 is 0 Å². The van der Waals surface area contributed by atoms with E-state index in [1.807, 2.05) is 91.0 Å². The van der Waals surface area contributed by atoms with Crippen LogP contribution in [0.1, 0.15) is 28.1 Å². The Morgan fingerprint density at radius 2 is 1.63 bits per heavy atom.